The van der Waals surface area contributed by atoms with Crippen molar-refractivity contribution in [1.29, 1.82) is 0 Å². The summed E-state index contributed by atoms with van der Waals surface area (Å²) < 4.78 is 0.802. The molecule has 0 aromatic carbocycles. The van der Waals surface area contributed by atoms with Crippen molar-refractivity contribution >= 4 is 11.7 Å². The fraction of sp³-hybridized carbons (Fsp3) is 0.818. The van der Waals surface area contributed by atoms with Crippen molar-refractivity contribution in [3.63, 3.8) is 0 Å². The van der Waals surface area contributed by atoms with Crippen LogP contribution >= 0.6 is 0 Å². The zero-order valence-electron chi connectivity index (χ0n) is 19.8. The third-order valence-corrected chi connectivity index (χ3v) is 3.94. The molecular formula is C22H45ClN2O3U. The molecule has 1 unspecified atom stereocenters. The molecule has 1 amide bonds. The van der Waals surface area contributed by atoms with Crippen molar-refractivity contribution in [2.75, 3.05) is 34.2 Å². The van der Waals surface area contributed by atoms with Gasteiger partial charge in [-0.3, -0.25) is 4.79 Å². The van der Waals surface area contributed by atoms with E-state index in [1.807, 2.05) is 20.3 Å². The van der Waals surface area contributed by atoms with E-state index in [9.17, 15) is 9.59 Å². The number of halogens is 1. The Morgan fingerprint density at radius 2 is 1.69 bits per heavy atom. The van der Waals surface area contributed by atoms with Crippen molar-refractivity contribution in [3.05, 3.63) is 13.3 Å². The predicted octanol–water partition coefficient (Wildman–Crippen LogP) is 0.420. The monoisotopic (exact) mass is 658 g/mol. The maximum absolute atomic E-state index is 11.5. The van der Waals surface area contributed by atoms with Gasteiger partial charge in [0, 0.05) is 12.5 Å². The third-order valence-electron chi connectivity index (χ3n) is 3.94. The van der Waals surface area contributed by atoms with Gasteiger partial charge in [0.15, 0.2) is 0 Å². The van der Waals surface area contributed by atoms with Gasteiger partial charge in [-0.2, -0.15) is 6.42 Å². The van der Waals surface area contributed by atoms with E-state index >= 15 is 0 Å². The molecule has 0 rings (SSSR count). The van der Waals surface area contributed by atoms with Gasteiger partial charge in [0.2, 0.25) is 5.91 Å². The first-order valence-electron chi connectivity index (χ1n) is 10.3. The van der Waals surface area contributed by atoms with Crippen molar-refractivity contribution in [2.45, 2.75) is 72.3 Å². The number of hydrogen-bond donors (Lipinski definition) is 2. The first kappa shape index (κ1) is 36.8. The topological polar surface area (TPSA) is 66.4 Å². The van der Waals surface area contributed by atoms with Crippen LogP contribution in [0, 0.1) is 56.3 Å². The number of hydrogen-bond acceptors (Lipinski definition) is 3. The number of nitrogens with zero attached hydrogens (tertiary/aromatic N) is 1. The number of Topliss-reactive ketones (excluding diaryl/α,β-unsaturated/α-hetero) is 1. The number of rotatable bonds is 13. The predicted molar refractivity (Wildman–Crippen MR) is 114 cm³/mol. The normalized spacial score (nSPS) is 11.7. The second-order valence-electron chi connectivity index (χ2n) is 8.95. The molecule has 29 heavy (non-hydrogen) atoms. The summed E-state index contributed by atoms with van der Waals surface area (Å²) >= 11 is 0. The summed E-state index contributed by atoms with van der Waals surface area (Å²) in [6.07, 6.45) is 6.13. The number of amides is 1. The van der Waals surface area contributed by atoms with E-state index in [2.05, 4.69) is 47.2 Å². The zero-order valence-corrected chi connectivity index (χ0v) is 24.7. The molecule has 1 atom stereocenters. The minimum Gasteiger partial charge on any atom is -1.00 e. The molecule has 0 aliphatic rings. The van der Waals surface area contributed by atoms with Crippen LogP contribution in [0.5, 0.6) is 0 Å². The molecule has 0 radical (unpaired) electrons. The molecule has 0 aromatic rings. The van der Waals surface area contributed by atoms with E-state index in [-0.39, 0.29) is 67.2 Å². The van der Waals surface area contributed by atoms with E-state index in [0.717, 1.165) is 30.4 Å². The molecule has 0 aliphatic heterocycles. The molecule has 0 aromatic heterocycles. The van der Waals surface area contributed by atoms with E-state index in [4.69, 9.17) is 5.11 Å². The van der Waals surface area contributed by atoms with Crippen LogP contribution < -0.4 is 17.7 Å². The summed E-state index contributed by atoms with van der Waals surface area (Å²) in [7, 11) is 6.16. The van der Waals surface area contributed by atoms with E-state index in [0.29, 0.717) is 31.6 Å². The van der Waals surface area contributed by atoms with Gasteiger partial charge in [0.1, 0.15) is 12.3 Å². The Bertz CT molecular complexity index is 400. The molecule has 0 spiro atoms. The molecule has 172 valence electrons. The summed E-state index contributed by atoms with van der Waals surface area (Å²) in [6.45, 7) is 13.3. The largest absolute Gasteiger partial charge is 2.00 e. The van der Waals surface area contributed by atoms with Crippen molar-refractivity contribution in [3.8, 4) is 0 Å². The molecule has 0 fully saturated rings. The maximum Gasteiger partial charge on any atom is 2.00 e. The van der Waals surface area contributed by atoms with Gasteiger partial charge in [-0.05, 0) is 25.2 Å². The van der Waals surface area contributed by atoms with Crippen LogP contribution in [-0.2, 0) is 9.59 Å². The van der Waals surface area contributed by atoms with Crippen molar-refractivity contribution < 1.29 is 62.7 Å². The van der Waals surface area contributed by atoms with Crippen LogP contribution in [-0.4, -0.2) is 61.6 Å². The number of aliphatic hydroxyl groups is 1. The molecule has 0 aliphatic carbocycles. The Balaban J connectivity index is -0.000000243. The van der Waals surface area contributed by atoms with Gasteiger partial charge in [0.25, 0.3) is 0 Å². The van der Waals surface area contributed by atoms with Crippen LogP contribution in [0.4, 0.5) is 0 Å². The van der Waals surface area contributed by atoms with Gasteiger partial charge < -0.3 is 45.5 Å². The summed E-state index contributed by atoms with van der Waals surface area (Å²) in [5.74, 6) is 1.11. The third kappa shape index (κ3) is 30.7. The minimum absolute atomic E-state index is 0. The Morgan fingerprint density at radius 3 is 2.07 bits per heavy atom. The summed E-state index contributed by atoms with van der Waals surface area (Å²) in [5, 5.41) is 12.0. The smallest absolute Gasteiger partial charge is 1.00 e. The van der Waals surface area contributed by atoms with Crippen LogP contribution in [0.25, 0.3) is 0 Å². The van der Waals surface area contributed by atoms with Gasteiger partial charge in [-0.15, -0.1) is 12.8 Å². The molecule has 0 heterocycles. The first-order valence-corrected chi connectivity index (χ1v) is 10.3. The average molecular weight is 659 g/mol. The van der Waals surface area contributed by atoms with Crippen LogP contribution in [0.2, 0.25) is 0 Å². The number of likely N-dealkylation sites (N-methyl/N-ethyl adjacent to an activating group) is 1. The number of carbonyl (C=O) groups is 2. The van der Waals surface area contributed by atoms with Crippen LogP contribution in [0.3, 0.4) is 0 Å². The zero-order chi connectivity index (χ0) is 21.5. The quantitative estimate of drug-likeness (QED) is 0.171. The number of carbonyl (C=O) groups excluding carboxylic acids is 2. The van der Waals surface area contributed by atoms with E-state index in [1.54, 1.807) is 0 Å². The molecule has 7 heteroatoms. The van der Waals surface area contributed by atoms with Crippen LogP contribution in [0.15, 0.2) is 0 Å². The van der Waals surface area contributed by atoms with Gasteiger partial charge in [-0.25, -0.2) is 0 Å². The van der Waals surface area contributed by atoms with Gasteiger partial charge >= 0.3 is 31.1 Å². The van der Waals surface area contributed by atoms with Crippen LogP contribution in [0.1, 0.15) is 66.2 Å². The van der Waals surface area contributed by atoms with Gasteiger partial charge in [0.05, 0.1) is 27.2 Å². The SMILES string of the molecule is CC(C)CCCNC(=O)CC[CH-]CC(=O)C(C)C.[CH2-]CC(O)C[N+](C)(C)C.[Cl-].[U+2]. The molecule has 2 N–H and O–H groups in total. The first-order chi connectivity index (χ1) is 12.4. The molecule has 0 saturated heterocycles. The van der Waals surface area contributed by atoms with Crippen molar-refractivity contribution in [2.24, 2.45) is 11.8 Å². The summed E-state index contributed by atoms with van der Waals surface area (Å²) in [5.41, 5.74) is 0. The Labute approximate surface area is 210 Å². The minimum atomic E-state index is -0.245. The summed E-state index contributed by atoms with van der Waals surface area (Å²) in [6, 6.07) is 0. The standard InChI is InChI=1S/C15H28NO2.C7H17NO.ClH.U/c1-12(2)8-7-11-16-15(18)10-6-5-9-14(17)13(3)4;1-5-7(9)6-8(2,3)4;;/h5,12-13H,6-11H2,1-4H3,(H,16,18);7,9H,1,5-6H2,2-4H3;1H;/q-1;;;+2/p-1. The summed E-state index contributed by atoms with van der Waals surface area (Å²) in [4.78, 5) is 22.8. The molecular weight excluding hydrogens is 614 g/mol. The second kappa shape index (κ2) is 21.6. The Kier molecular flexibility index (Phi) is 27.4. The fourth-order valence-electron chi connectivity index (χ4n) is 2.26. The Hall–Kier alpha value is 0.402. The number of nitrogens with one attached hydrogen (secondary N) is 1. The molecule has 0 saturated carbocycles. The molecule has 5 nitrogen and oxygen atoms in total. The number of unbranched alkanes of at least 4 members (excludes halogenated alkanes) is 1. The van der Waals surface area contributed by atoms with E-state index < -0.39 is 0 Å². The fourth-order valence-corrected chi connectivity index (χ4v) is 2.26. The Morgan fingerprint density at radius 1 is 1.14 bits per heavy atom. The second-order valence-corrected chi connectivity index (χ2v) is 8.95. The van der Waals surface area contributed by atoms with E-state index in [1.165, 1.54) is 0 Å². The molecule has 0 bridgehead atoms. The van der Waals surface area contributed by atoms with Crippen molar-refractivity contribution in [1.82, 2.24) is 5.32 Å². The average Bonchev–Trinajstić information content (AvgIpc) is 2.54. The maximum atomic E-state index is 11.5. The number of aliphatic hydroxyl groups excluding tert-OH is 1. The number of quaternary nitrogens is 1. The van der Waals surface area contributed by atoms with Gasteiger partial charge in [-0.1, -0.05) is 27.7 Å². The number of ketones is 1.